The van der Waals surface area contributed by atoms with Gasteiger partial charge in [-0.25, -0.2) is 9.97 Å². The molecule has 3 heterocycles. The molecule has 0 unspecified atom stereocenters. The van der Waals surface area contributed by atoms with Crippen molar-refractivity contribution in [1.29, 1.82) is 0 Å². The van der Waals surface area contributed by atoms with E-state index >= 15 is 0 Å². The number of rotatable bonds is 3. The van der Waals surface area contributed by atoms with E-state index in [1.54, 1.807) is 0 Å². The number of para-hydroxylation sites is 1. The third kappa shape index (κ3) is 4.24. The topological polar surface area (TPSA) is 30.7 Å². The van der Waals surface area contributed by atoms with Crippen LogP contribution in [0.4, 0.5) is 0 Å². The van der Waals surface area contributed by atoms with Gasteiger partial charge in [-0.1, -0.05) is 151 Å². The zero-order valence-corrected chi connectivity index (χ0v) is 26.7. The minimum absolute atomic E-state index is 0.681. The molecule has 5 heteroatoms. The molecule has 220 valence electrons. The van der Waals surface area contributed by atoms with Gasteiger partial charge in [0.25, 0.3) is 0 Å². The molecule has 0 N–H and O–H groups in total. The highest BCUT2D eigenvalue weighted by molar-refractivity contribution is 8.05. The maximum absolute atomic E-state index is 5.45. The van der Waals surface area contributed by atoms with Gasteiger partial charge in [-0.05, 0) is 40.8 Å². The maximum Gasteiger partial charge on any atom is 0.235 e. The van der Waals surface area contributed by atoms with Crippen molar-refractivity contribution < 1.29 is 0 Å². The molecule has 0 atom stereocenters. The molecule has 0 amide bonds. The van der Waals surface area contributed by atoms with Gasteiger partial charge < -0.3 is 0 Å². The van der Waals surface area contributed by atoms with Crippen molar-refractivity contribution in [3.63, 3.8) is 0 Å². The van der Waals surface area contributed by atoms with Crippen molar-refractivity contribution in [3.05, 3.63) is 152 Å². The van der Waals surface area contributed by atoms with Crippen molar-refractivity contribution in [1.82, 2.24) is 14.5 Å². The zero-order chi connectivity index (χ0) is 30.9. The lowest BCUT2D eigenvalue weighted by Gasteiger charge is -2.20. The molecule has 0 fully saturated rings. The standard InChI is InChI=1S/C42H25N3S2/c1-2-10-26(11-3-1)27-18-20-29(21-19-27)38-33-14-6-7-15-34(33)43-42(44-38)45-39-30-13-5-4-12-28(30)22-23-31(39)32-24-25-37-41(40(32)45)47-36-17-9-8-16-35(36)46-37/h1-25H. The van der Waals surface area contributed by atoms with Crippen molar-refractivity contribution in [3.8, 4) is 28.3 Å². The largest absolute Gasteiger partial charge is 0.276 e. The van der Waals surface area contributed by atoms with Crippen LogP contribution in [0.15, 0.2) is 171 Å². The van der Waals surface area contributed by atoms with Crippen molar-refractivity contribution in [2.24, 2.45) is 0 Å². The van der Waals surface area contributed by atoms with Gasteiger partial charge in [0.2, 0.25) is 5.95 Å². The van der Waals surface area contributed by atoms with Crippen LogP contribution in [-0.4, -0.2) is 14.5 Å². The van der Waals surface area contributed by atoms with Crippen LogP contribution in [0.3, 0.4) is 0 Å². The van der Waals surface area contributed by atoms with Gasteiger partial charge >= 0.3 is 0 Å². The summed E-state index contributed by atoms with van der Waals surface area (Å²) in [5.74, 6) is 0.681. The second-order valence-corrected chi connectivity index (χ2v) is 13.9. The second-order valence-electron chi connectivity index (χ2n) is 11.8. The van der Waals surface area contributed by atoms with Gasteiger partial charge in [-0.15, -0.1) is 0 Å². The molecular formula is C42H25N3S2. The minimum atomic E-state index is 0.681. The Balaban J connectivity index is 1.28. The summed E-state index contributed by atoms with van der Waals surface area (Å²) in [5, 5.41) is 5.84. The van der Waals surface area contributed by atoms with Crippen LogP contribution in [0.2, 0.25) is 0 Å². The van der Waals surface area contributed by atoms with E-state index in [9.17, 15) is 0 Å². The van der Waals surface area contributed by atoms with Gasteiger partial charge in [0, 0.05) is 41.8 Å². The third-order valence-corrected chi connectivity index (χ3v) is 11.7. The Hall–Kier alpha value is -5.36. The van der Waals surface area contributed by atoms with Gasteiger partial charge in [-0.3, -0.25) is 4.57 Å². The Morgan fingerprint density at radius 2 is 1.04 bits per heavy atom. The summed E-state index contributed by atoms with van der Waals surface area (Å²) in [7, 11) is 0. The molecule has 3 nitrogen and oxygen atoms in total. The fourth-order valence-electron chi connectivity index (χ4n) is 6.88. The Labute approximate surface area is 279 Å². The molecule has 9 aromatic rings. The highest BCUT2D eigenvalue weighted by atomic mass is 32.2. The number of hydrogen-bond acceptors (Lipinski definition) is 4. The number of aromatic nitrogens is 3. The summed E-state index contributed by atoms with van der Waals surface area (Å²) < 4.78 is 2.33. The maximum atomic E-state index is 5.45. The van der Waals surface area contributed by atoms with Crippen molar-refractivity contribution >= 4 is 67.0 Å². The summed E-state index contributed by atoms with van der Waals surface area (Å²) in [6.07, 6.45) is 0. The highest BCUT2D eigenvalue weighted by Gasteiger charge is 2.26. The predicted molar refractivity (Wildman–Crippen MR) is 197 cm³/mol. The van der Waals surface area contributed by atoms with Crippen LogP contribution >= 0.6 is 23.5 Å². The van der Waals surface area contributed by atoms with E-state index in [-0.39, 0.29) is 0 Å². The van der Waals surface area contributed by atoms with E-state index in [4.69, 9.17) is 9.97 Å². The van der Waals surface area contributed by atoms with Crippen LogP contribution in [0.25, 0.3) is 71.8 Å². The fourth-order valence-corrected chi connectivity index (χ4v) is 9.26. The first kappa shape index (κ1) is 26.8. The van der Waals surface area contributed by atoms with Gasteiger partial charge in [0.05, 0.1) is 27.1 Å². The Morgan fingerprint density at radius 1 is 0.404 bits per heavy atom. The lowest BCUT2D eigenvalue weighted by Crippen LogP contribution is -2.05. The summed E-state index contributed by atoms with van der Waals surface area (Å²) in [6, 6.07) is 54.0. The summed E-state index contributed by atoms with van der Waals surface area (Å²) in [4.78, 5) is 15.8. The molecule has 0 spiro atoms. The minimum Gasteiger partial charge on any atom is -0.276 e. The van der Waals surface area contributed by atoms with Gasteiger partial charge in [-0.2, -0.15) is 0 Å². The van der Waals surface area contributed by atoms with Crippen LogP contribution < -0.4 is 0 Å². The normalized spacial score (nSPS) is 12.5. The number of nitrogens with zero attached hydrogens (tertiary/aromatic N) is 3. The molecule has 10 rings (SSSR count). The van der Waals surface area contributed by atoms with E-state index in [1.807, 2.05) is 23.5 Å². The fraction of sp³-hybridized carbons (Fsp3) is 0. The monoisotopic (exact) mass is 635 g/mol. The molecule has 0 saturated heterocycles. The van der Waals surface area contributed by atoms with Crippen LogP contribution in [0, 0.1) is 0 Å². The Bertz CT molecular complexity index is 2680. The quantitative estimate of drug-likeness (QED) is 0.193. The Morgan fingerprint density at radius 3 is 1.89 bits per heavy atom. The first-order valence-electron chi connectivity index (χ1n) is 15.7. The summed E-state index contributed by atoms with van der Waals surface area (Å²) >= 11 is 3.69. The molecule has 1 aliphatic rings. The Kier molecular flexibility index (Phi) is 6.04. The van der Waals surface area contributed by atoms with Crippen LogP contribution in [0.5, 0.6) is 0 Å². The highest BCUT2D eigenvalue weighted by Crippen LogP contribution is 2.53. The van der Waals surface area contributed by atoms with Crippen molar-refractivity contribution in [2.75, 3.05) is 0 Å². The predicted octanol–water partition coefficient (Wildman–Crippen LogP) is 11.8. The summed E-state index contributed by atoms with van der Waals surface area (Å²) in [6.45, 7) is 0. The van der Waals surface area contributed by atoms with Crippen LogP contribution in [0.1, 0.15) is 0 Å². The SMILES string of the molecule is c1ccc(-c2ccc(-c3nc(-n4c5c6c(ccc5c5ccc7ccccc7c54)Sc4ccccc4S6)nc4ccccc34)cc2)cc1. The zero-order valence-electron chi connectivity index (χ0n) is 25.1. The third-order valence-electron chi connectivity index (χ3n) is 9.07. The van der Waals surface area contributed by atoms with E-state index in [1.165, 1.54) is 52.3 Å². The second kappa shape index (κ2) is 10.6. The molecule has 0 radical (unpaired) electrons. The molecule has 1 aliphatic heterocycles. The molecule has 0 saturated carbocycles. The molecular weight excluding hydrogens is 611 g/mol. The van der Waals surface area contributed by atoms with E-state index < -0.39 is 0 Å². The first-order chi connectivity index (χ1) is 23.3. The molecule has 0 aliphatic carbocycles. The average molecular weight is 636 g/mol. The van der Waals surface area contributed by atoms with Gasteiger partial charge in [0.15, 0.2) is 0 Å². The van der Waals surface area contributed by atoms with E-state index in [2.05, 4.69) is 156 Å². The van der Waals surface area contributed by atoms with Crippen molar-refractivity contribution in [2.45, 2.75) is 19.6 Å². The first-order valence-corrected chi connectivity index (χ1v) is 17.3. The summed E-state index contributed by atoms with van der Waals surface area (Å²) in [5.41, 5.74) is 7.59. The molecule has 47 heavy (non-hydrogen) atoms. The smallest absolute Gasteiger partial charge is 0.235 e. The number of hydrogen-bond donors (Lipinski definition) is 0. The van der Waals surface area contributed by atoms with Gasteiger partial charge in [0.1, 0.15) is 0 Å². The van der Waals surface area contributed by atoms with Crippen LogP contribution in [-0.2, 0) is 0 Å². The van der Waals surface area contributed by atoms with E-state index in [0.717, 1.165) is 33.2 Å². The molecule has 0 bridgehead atoms. The number of benzene rings is 7. The average Bonchev–Trinajstić information content (AvgIpc) is 3.49. The molecule has 2 aromatic heterocycles. The lowest BCUT2D eigenvalue weighted by molar-refractivity contribution is 0.999. The van der Waals surface area contributed by atoms with E-state index in [0.29, 0.717) is 5.95 Å². The lowest BCUT2D eigenvalue weighted by atomic mass is 10.0. The number of fused-ring (bicyclic) bond motifs is 9. The molecule has 7 aromatic carbocycles.